The molecular formula is C45H66N8O9. The summed E-state index contributed by atoms with van der Waals surface area (Å²) < 4.78 is 0. The Bertz CT molecular complexity index is 1810. The molecule has 1 aliphatic rings. The normalized spacial score (nSPS) is 22.5. The number of primary amides is 1. The highest BCUT2D eigenvalue weighted by Crippen LogP contribution is 2.16. The zero-order valence-corrected chi connectivity index (χ0v) is 36.6. The SMILES string of the molecule is CCC(C)C(NC(=O)NC1CCCCNC(=O)C(Cc2ccccc2)NC(=O)C(CC(N)=O)N(C)C(=O)C(CCCCc2ccccc2)NC(=O)C(C(C)CC)NC1=O)C(=O)O. The Morgan fingerprint density at radius 1 is 0.806 bits per heavy atom. The lowest BCUT2D eigenvalue weighted by molar-refractivity contribution is -0.144. The molecule has 9 N–H and O–H groups in total. The summed E-state index contributed by atoms with van der Waals surface area (Å²) in [5.74, 6) is -6.39. The molecule has 0 aromatic heterocycles. The molecular weight excluding hydrogens is 797 g/mol. The average molecular weight is 863 g/mol. The monoisotopic (exact) mass is 862 g/mol. The van der Waals surface area contributed by atoms with Gasteiger partial charge in [-0.25, -0.2) is 9.59 Å². The van der Waals surface area contributed by atoms with Crippen molar-refractivity contribution in [3.63, 3.8) is 0 Å². The predicted molar refractivity (Wildman–Crippen MR) is 233 cm³/mol. The van der Waals surface area contributed by atoms with Gasteiger partial charge in [0.05, 0.1) is 6.42 Å². The minimum Gasteiger partial charge on any atom is -0.480 e. The molecule has 0 aliphatic carbocycles. The standard InChI is InChI=1S/C45H66N8O9/c1-6-28(3)37-42(58)48-33(24-15-14-20-30-18-10-8-11-19-30)43(59)53(5)35(27-36(46)54)41(57)49-34(26-31-21-12-9-13-22-31)39(55)47-25-17-16-23-32(40(56)51-37)50-45(62)52-38(44(60)61)29(4)7-2/h8-13,18-19,21-22,28-29,32-35,37-38H,6-7,14-17,20,23-27H2,1-5H3,(H2,46,54)(H,47,55)(H,48,58)(H,49,57)(H,51,56)(H,60,61)(H2,50,52,62). The molecule has 3 rings (SSSR count). The fraction of sp³-hybridized carbons (Fsp3) is 0.556. The predicted octanol–water partition coefficient (Wildman–Crippen LogP) is 2.31. The van der Waals surface area contributed by atoms with Crippen molar-refractivity contribution in [3.8, 4) is 0 Å². The molecule has 0 radical (unpaired) electrons. The van der Waals surface area contributed by atoms with Crippen LogP contribution in [0.4, 0.5) is 4.79 Å². The van der Waals surface area contributed by atoms with Gasteiger partial charge in [0.15, 0.2) is 0 Å². The summed E-state index contributed by atoms with van der Waals surface area (Å²) in [4.78, 5) is 109. The fourth-order valence-corrected chi connectivity index (χ4v) is 7.22. The van der Waals surface area contributed by atoms with Crippen LogP contribution in [0.5, 0.6) is 0 Å². The van der Waals surface area contributed by atoms with Gasteiger partial charge in [0, 0.05) is 20.0 Å². The van der Waals surface area contributed by atoms with E-state index in [-0.39, 0.29) is 25.8 Å². The maximum Gasteiger partial charge on any atom is 0.326 e. The van der Waals surface area contributed by atoms with Crippen molar-refractivity contribution in [1.82, 2.24) is 36.8 Å². The highest BCUT2D eigenvalue weighted by Gasteiger charge is 2.37. The minimum atomic E-state index is -1.44. The van der Waals surface area contributed by atoms with Crippen LogP contribution in [0.2, 0.25) is 0 Å². The molecule has 8 unspecified atom stereocenters. The molecule has 62 heavy (non-hydrogen) atoms. The average Bonchev–Trinajstić information content (AvgIpc) is 3.25. The zero-order chi connectivity index (χ0) is 45.8. The number of urea groups is 1. The minimum absolute atomic E-state index is 0.0529. The highest BCUT2D eigenvalue weighted by molar-refractivity contribution is 5.98. The maximum absolute atomic E-state index is 14.5. The topological polar surface area (TPSA) is 258 Å². The van der Waals surface area contributed by atoms with Gasteiger partial charge in [0.25, 0.3) is 0 Å². The van der Waals surface area contributed by atoms with E-state index in [4.69, 9.17) is 5.73 Å². The first-order valence-electron chi connectivity index (χ1n) is 21.7. The van der Waals surface area contributed by atoms with E-state index >= 15 is 0 Å². The summed E-state index contributed by atoms with van der Waals surface area (Å²) in [5, 5.41) is 26.0. The second-order valence-electron chi connectivity index (χ2n) is 16.2. The Balaban J connectivity index is 2.04. The Kier molecular flexibility index (Phi) is 20.9. The van der Waals surface area contributed by atoms with Crippen molar-refractivity contribution in [3.05, 3.63) is 71.8 Å². The molecule has 1 aliphatic heterocycles. The molecule has 1 heterocycles. The molecule has 17 nitrogen and oxygen atoms in total. The number of rotatable bonds is 16. The van der Waals surface area contributed by atoms with Gasteiger partial charge in [-0.3, -0.25) is 28.8 Å². The number of carbonyl (C=O) groups is 8. The number of likely N-dealkylation sites (N-methyl/N-ethyl adjacent to an activating group) is 1. The summed E-state index contributed by atoms with van der Waals surface area (Å²) in [7, 11) is 1.33. The van der Waals surface area contributed by atoms with Crippen LogP contribution in [-0.2, 0) is 46.4 Å². The van der Waals surface area contributed by atoms with Crippen LogP contribution in [-0.4, -0.2) is 107 Å². The maximum atomic E-state index is 14.5. The number of amides is 8. The van der Waals surface area contributed by atoms with E-state index < -0.39 is 102 Å². The van der Waals surface area contributed by atoms with Gasteiger partial charge in [-0.1, -0.05) is 108 Å². The number of aliphatic carboxylic acids is 1. The summed E-state index contributed by atoms with van der Waals surface area (Å²) in [6.07, 6.45) is 3.05. The number of nitrogens with zero attached hydrogens (tertiary/aromatic N) is 1. The van der Waals surface area contributed by atoms with Crippen LogP contribution in [0.25, 0.3) is 0 Å². The van der Waals surface area contributed by atoms with Gasteiger partial charge in [0.1, 0.15) is 36.3 Å². The van der Waals surface area contributed by atoms with Crippen molar-refractivity contribution < 1.29 is 43.5 Å². The Morgan fingerprint density at radius 2 is 1.44 bits per heavy atom. The first kappa shape index (κ1) is 50.4. The summed E-state index contributed by atoms with van der Waals surface area (Å²) in [6.45, 7) is 7.17. The van der Waals surface area contributed by atoms with Gasteiger partial charge in [0.2, 0.25) is 35.4 Å². The summed E-state index contributed by atoms with van der Waals surface area (Å²) in [6, 6.07) is 10.4. The number of hydrogen-bond acceptors (Lipinski definition) is 8. The number of nitrogens with one attached hydrogen (secondary N) is 6. The largest absolute Gasteiger partial charge is 0.480 e. The second kappa shape index (κ2) is 25.7. The van der Waals surface area contributed by atoms with E-state index in [2.05, 4.69) is 31.9 Å². The van der Waals surface area contributed by atoms with Crippen LogP contribution >= 0.6 is 0 Å². The van der Waals surface area contributed by atoms with Crippen molar-refractivity contribution >= 4 is 47.4 Å². The van der Waals surface area contributed by atoms with Crippen molar-refractivity contribution in [2.45, 2.75) is 135 Å². The number of carboxylic acid groups (broad SMARTS) is 1. The molecule has 8 amide bonds. The number of carbonyl (C=O) groups excluding carboxylic acids is 7. The second-order valence-corrected chi connectivity index (χ2v) is 16.2. The number of nitrogens with two attached hydrogens (primary N) is 1. The molecule has 340 valence electrons. The van der Waals surface area contributed by atoms with Gasteiger partial charge < -0.3 is 47.6 Å². The van der Waals surface area contributed by atoms with Crippen LogP contribution in [0.3, 0.4) is 0 Å². The molecule has 1 saturated heterocycles. The Hall–Kier alpha value is -6.00. The lowest BCUT2D eigenvalue weighted by Gasteiger charge is -2.33. The van der Waals surface area contributed by atoms with E-state index in [1.807, 2.05) is 43.3 Å². The van der Waals surface area contributed by atoms with Crippen molar-refractivity contribution in [2.75, 3.05) is 13.6 Å². The van der Waals surface area contributed by atoms with Crippen molar-refractivity contribution in [1.29, 1.82) is 0 Å². The number of aryl methyl sites for hydroxylation is 1. The van der Waals surface area contributed by atoms with E-state index in [1.54, 1.807) is 45.0 Å². The summed E-state index contributed by atoms with van der Waals surface area (Å²) in [5.41, 5.74) is 7.43. The molecule has 2 aromatic rings. The van der Waals surface area contributed by atoms with Crippen LogP contribution < -0.4 is 37.6 Å². The molecule has 17 heteroatoms. The van der Waals surface area contributed by atoms with E-state index in [0.717, 1.165) is 16.0 Å². The van der Waals surface area contributed by atoms with Gasteiger partial charge >= 0.3 is 12.0 Å². The third-order valence-corrected chi connectivity index (χ3v) is 11.5. The molecule has 1 fully saturated rings. The molecule has 0 bridgehead atoms. The van der Waals surface area contributed by atoms with Crippen LogP contribution in [0.1, 0.15) is 96.6 Å². The lowest BCUT2D eigenvalue weighted by Crippen LogP contribution is -2.61. The van der Waals surface area contributed by atoms with Crippen LogP contribution in [0, 0.1) is 11.8 Å². The number of carboxylic acids is 1. The first-order chi connectivity index (χ1) is 29.6. The molecule has 0 spiro atoms. The number of benzene rings is 2. The van der Waals surface area contributed by atoms with E-state index in [1.165, 1.54) is 7.05 Å². The molecule has 0 saturated carbocycles. The highest BCUT2D eigenvalue weighted by atomic mass is 16.4. The van der Waals surface area contributed by atoms with E-state index in [0.29, 0.717) is 44.9 Å². The van der Waals surface area contributed by atoms with Crippen molar-refractivity contribution in [2.24, 2.45) is 17.6 Å². The molecule has 2 aromatic carbocycles. The molecule has 8 atom stereocenters. The summed E-state index contributed by atoms with van der Waals surface area (Å²) >= 11 is 0. The van der Waals surface area contributed by atoms with Gasteiger partial charge in [-0.2, -0.15) is 0 Å². The first-order valence-corrected chi connectivity index (χ1v) is 21.7. The Morgan fingerprint density at radius 3 is 2.03 bits per heavy atom. The van der Waals surface area contributed by atoms with Gasteiger partial charge in [-0.05, 0) is 61.5 Å². The quantitative estimate of drug-likeness (QED) is 0.115. The van der Waals surface area contributed by atoms with Crippen LogP contribution in [0.15, 0.2) is 60.7 Å². The fourth-order valence-electron chi connectivity index (χ4n) is 7.22. The number of hydrogen-bond donors (Lipinski definition) is 8. The number of unbranched alkanes of at least 4 members (excludes halogenated alkanes) is 1. The third kappa shape index (κ3) is 16.1. The smallest absolute Gasteiger partial charge is 0.326 e. The van der Waals surface area contributed by atoms with Gasteiger partial charge in [-0.15, -0.1) is 0 Å². The van der Waals surface area contributed by atoms with E-state index in [9.17, 15) is 43.5 Å². The lowest BCUT2D eigenvalue weighted by atomic mass is 9.96. The Labute approximate surface area is 364 Å². The third-order valence-electron chi connectivity index (χ3n) is 11.5. The zero-order valence-electron chi connectivity index (χ0n) is 36.6.